The summed E-state index contributed by atoms with van der Waals surface area (Å²) >= 11 is 0. The monoisotopic (exact) mass is 316 g/mol. The van der Waals surface area contributed by atoms with E-state index >= 15 is 0 Å². The van der Waals surface area contributed by atoms with E-state index in [1.165, 1.54) is 12.1 Å². The third-order valence-electron chi connectivity index (χ3n) is 2.80. The second kappa shape index (κ2) is 6.66. The fourth-order valence-corrected chi connectivity index (χ4v) is 2.67. The van der Waals surface area contributed by atoms with Crippen LogP contribution in [0.25, 0.3) is 0 Å². The summed E-state index contributed by atoms with van der Waals surface area (Å²) in [4.78, 5) is 21.5. The summed E-state index contributed by atoms with van der Waals surface area (Å²) < 4.78 is 25.9. The standard InChI is InChI=1S/C12H16N2O6S/c1-2-7-3-4-8(5-9(7)12(17)18)21(19,20)14-6-10(15)11(13)16/h3-5,10,14-15H,2,6H2,1H3,(H2,13,16)(H,17,18). The minimum Gasteiger partial charge on any atom is -0.478 e. The van der Waals surface area contributed by atoms with E-state index in [0.29, 0.717) is 12.0 Å². The van der Waals surface area contributed by atoms with Crippen LogP contribution in [0.4, 0.5) is 0 Å². The summed E-state index contributed by atoms with van der Waals surface area (Å²) in [6.07, 6.45) is -1.22. The smallest absolute Gasteiger partial charge is 0.336 e. The Morgan fingerprint density at radius 3 is 2.48 bits per heavy atom. The number of primary amides is 1. The number of carboxylic acid groups (broad SMARTS) is 1. The zero-order valence-corrected chi connectivity index (χ0v) is 12.1. The maximum Gasteiger partial charge on any atom is 0.336 e. The molecule has 116 valence electrons. The Labute approximate surface area is 121 Å². The summed E-state index contributed by atoms with van der Waals surface area (Å²) in [7, 11) is -4.05. The summed E-state index contributed by atoms with van der Waals surface area (Å²) in [5.41, 5.74) is 5.19. The van der Waals surface area contributed by atoms with Gasteiger partial charge in [0.25, 0.3) is 0 Å². The lowest BCUT2D eigenvalue weighted by atomic mass is 10.1. The number of aliphatic hydroxyl groups excluding tert-OH is 1. The number of hydrogen-bond acceptors (Lipinski definition) is 5. The van der Waals surface area contributed by atoms with Gasteiger partial charge in [-0.3, -0.25) is 4.79 Å². The molecule has 21 heavy (non-hydrogen) atoms. The van der Waals surface area contributed by atoms with Crippen molar-refractivity contribution in [1.29, 1.82) is 0 Å². The van der Waals surface area contributed by atoms with Crippen molar-refractivity contribution in [2.75, 3.05) is 6.54 Å². The number of carbonyl (C=O) groups is 2. The highest BCUT2D eigenvalue weighted by atomic mass is 32.2. The van der Waals surface area contributed by atoms with Crippen LogP contribution in [0.1, 0.15) is 22.8 Å². The number of nitrogens with one attached hydrogen (secondary N) is 1. The van der Waals surface area contributed by atoms with Gasteiger partial charge < -0.3 is 15.9 Å². The number of sulfonamides is 1. The quantitative estimate of drug-likeness (QED) is 0.511. The van der Waals surface area contributed by atoms with Crippen molar-refractivity contribution in [3.05, 3.63) is 29.3 Å². The average molecular weight is 316 g/mol. The molecule has 0 spiro atoms. The molecule has 1 amide bonds. The predicted molar refractivity (Wildman–Crippen MR) is 73.2 cm³/mol. The third-order valence-corrected chi connectivity index (χ3v) is 4.22. The number of amides is 1. The first kappa shape index (κ1) is 17.1. The molecule has 0 radical (unpaired) electrons. The van der Waals surface area contributed by atoms with Crippen molar-refractivity contribution in [1.82, 2.24) is 4.72 Å². The van der Waals surface area contributed by atoms with Crippen molar-refractivity contribution in [2.45, 2.75) is 24.3 Å². The molecule has 1 aromatic carbocycles. The lowest BCUT2D eigenvalue weighted by molar-refractivity contribution is -0.125. The van der Waals surface area contributed by atoms with Crippen LogP contribution < -0.4 is 10.5 Å². The van der Waals surface area contributed by atoms with Gasteiger partial charge in [-0.25, -0.2) is 17.9 Å². The molecule has 0 fully saturated rings. The van der Waals surface area contributed by atoms with E-state index in [1.54, 1.807) is 6.92 Å². The van der Waals surface area contributed by atoms with Crippen LogP contribution in [0.2, 0.25) is 0 Å². The van der Waals surface area contributed by atoms with Gasteiger partial charge in [-0.2, -0.15) is 0 Å². The number of nitrogens with two attached hydrogens (primary N) is 1. The fraction of sp³-hybridized carbons (Fsp3) is 0.333. The number of carbonyl (C=O) groups excluding carboxylic acids is 1. The highest BCUT2D eigenvalue weighted by Gasteiger charge is 2.20. The van der Waals surface area contributed by atoms with Crippen molar-refractivity contribution >= 4 is 21.9 Å². The number of aliphatic hydroxyl groups is 1. The predicted octanol–water partition coefficient (Wildman–Crippen LogP) is -0.928. The van der Waals surface area contributed by atoms with Gasteiger partial charge in [0.2, 0.25) is 15.9 Å². The van der Waals surface area contributed by atoms with E-state index in [1.807, 2.05) is 4.72 Å². The van der Waals surface area contributed by atoms with Crippen molar-refractivity contribution in [3.63, 3.8) is 0 Å². The lowest BCUT2D eigenvalue weighted by Gasteiger charge is -2.11. The summed E-state index contributed by atoms with van der Waals surface area (Å²) in [6.45, 7) is 1.16. The summed E-state index contributed by atoms with van der Waals surface area (Å²) in [6, 6.07) is 3.69. The van der Waals surface area contributed by atoms with Gasteiger partial charge in [0, 0.05) is 6.54 Å². The van der Waals surface area contributed by atoms with Gasteiger partial charge in [0.05, 0.1) is 10.5 Å². The van der Waals surface area contributed by atoms with Crippen LogP contribution in [0.15, 0.2) is 23.1 Å². The largest absolute Gasteiger partial charge is 0.478 e. The maximum atomic E-state index is 12.0. The van der Waals surface area contributed by atoms with Gasteiger partial charge >= 0.3 is 5.97 Å². The van der Waals surface area contributed by atoms with Gasteiger partial charge in [0.1, 0.15) is 6.10 Å². The minimum atomic E-state index is -4.05. The van der Waals surface area contributed by atoms with Crippen molar-refractivity contribution in [2.24, 2.45) is 5.73 Å². The zero-order chi connectivity index (χ0) is 16.2. The highest BCUT2D eigenvalue weighted by Crippen LogP contribution is 2.17. The zero-order valence-electron chi connectivity index (χ0n) is 11.2. The maximum absolute atomic E-state index is 12.0. The summed E-state index contributed by atoms with van der Waals surface area (Å²) in [5.74, 6) is -2.30. The highest BCUT2D eigenvalue weighted by molar-refractivity contribution is 7.89. The second-order valence-corrected chi connectivity index (χ2v) is 6.01. The molecule has 1 aromatic rings. The van der Waals surface area contributed by atoms with Crippen LogP contribution in [0.3, 0.4) is 0 Å². The van der Waals surface area contributed by atoms with Gasteiger partial charge in [-0.05, 0) is 24.1 Å². The first-order valence-electron chi connectivity index (χ1n) is 6.02. The van der Waals surface area contributed by atoms with Gasteiger partial charge in [-0.15, -0.1) is 0 Å². The van der Waals surface area contributed by atoms with Crippen LogP contribution >= 0.6 is 0 Å². The molecule has 9 heteroatoms. The molecule has 0 saturated carbocycles. The average Bonchev–Trinajstić information content (AvgIpc) is 2.43. The SMILES string of the molecule is CCc1ccc(S(=O)(=O)NCC(O)C(N)=O)cc1C(=O)O. The molecule has 0 aliphatic heterocycles. The molecule has 1 rings (SSSR count). The second-order valence-electron chi connectivity index (χ2n) is 4.25. The van der Waals surface area contributed by atoms with E-state index in [2.05, 4.69) is 0 Å². The molecule has 0 heterocycles. The van der Waals surface area contributed by atoms with Crippen LogP contribution in [0.5, 0.6) is 0 Å². The van der Waals surface area contributed by atoms with Crippen LogP contribution in [0, 0.1) is 0 Å². The van der Waals surface area contributed by atoms with Crippen LogP contribution in [-0.2, 0) is 21.2 Å². The molecule has 0 aliphatic carbocycles. The molecule has 5 N–H and O–H groups in total. The first-order chi connectivity index (χ1) is 9.69. The molecule has 0 aliphatic rings. The Bertz CT molecular complexity index is 656. The number of carboxylic acids is 1. The Hall–Kier alpha value is -1.97. The molecule has 0 aromatic heterocycles. The van der Waals surface area contributed by atoms with Gasteiger partial charge in [0.15, 0.2) is 0 Å². The Morgan fingerprint density at radius 1 is 1.38 bits per heavy atom. The van der Waals surface area contributed by atoms with E-state index < -0.39 is 34.5 Å². The molecule has 0 saturated heterocycles. The molecule has 1 unspecified atom stereocenters. The van der Waals surface area contributed by atoms with E-state index in [0.717, 1.165) is 6.07 Å². The molecular weight excluding hydrogens is 300 g/mol. The minimum absolute atomic E-state index is 0.115. The normalized spacial score (nSPS) is 12.9. The van der Waals surface area contributed by atoms with E-state index in [4.69, 9.17) is 15.9 Å². The van der Waals surface area contributed by atoms with Gasteiger partial charge in [-0.1, -0.05) is 13.0 Å². The Balaban J connectivity index is 3.06. The summed E-state index contributed by atoms with van der Waals surface area (Å²) in [5, 5.41) is 18.2. The lowest BCUT2D eigenvalue weighted by Crippen LogP contribution is -2.39. The first-order valence-corrected chi connectivity index (χ1v) is 7.50. The molecule has 8 nitrogen and oxygen atoms in total. The Morgan fingerprint density at radius 2 is 2.00 bits per heavy atom. The number of aromatic carboxylic acids is 1. The van der Waals surface area contributed by atoms with E-state index in [-0.39, 0.29) is 10.5 Å². The fourth-order valence-electron chi connectivity index (χ4n) is 1.60. The van der Waals surface area contributed by atoms with Crippen molar-refractivity contribution in [3.8, 4) is 0 Å². The number of hydrogen-bond donors (Lipinski definition) is 4. The van der Waals surface area contributed by atoms with Crippen LogP contribution in [-0.4, -0.2) is 43.2 Å². The molecule has 0 bridgehead atoms. The topological polar surface area (TPSA) is 147 Å². The number of aryl methyl sites for hydroxylation is 1. The number of rotatable bonds is 7. The Kier molecular flexibility index (Phi) is 5.41. The van der Waals surface area contributed by atoms with Crippen molar-refractivity contribution < 1.29 is 28.2 Å². The number of benzene rings is 1. The van der Waals surface area contributed by atoms with E-state index in [9.17, 15) is 18.0 Å². The third kappa shape index (κ3) is 4.25. The molecule has 1 atom stereocenters. The molecular formula is C12H16N2O6S.